The Kier molecular flexibility index (Phi) is 2.99. The summed E-state index contributed by atoms with van der Waals surface area (Å²) in [5.74, 6) is 0.523. The van der Waals surface area contributed by atoms with Gasteiger partial charge in [0, 0.05) is 23.6 Å². The van der Waals surface area contributed by atoms with E-state index < -0.39 is 0 Å². The maximum absolute atomic E-state index is 13.9. The molecule has 2 N–H and O–H groups in total. The van der Waals surface area contributed by atoms with Gasteiger partial charge in [-0.15, -0.1) is 0 Å². The summed E-state index contributed by atoms with van der Waals surface area (Å²) in [6.45, 7) is 1.94. The molecule has 0 aliphatic carbocycles. The van der Waals surface area contributed by atoms with Gasteiger partial charge in [-0.05, 0) is 25.1 Å². The predicted molar refractivity (Wildman–Crippen MR) is 72.5 cm³/mol. The van der Waals surface area contributed by atoms with Crippen LogP contribution in [0, 0.1) is 12.7 Å². The SMILES string of the molecule is Cc1ccc(F)c(C2C[C@@H](N)c3ccccc3O2)c1. The molecule has 0 radical (unpaired) electrons. The van der Waals surface area contributed by atoms with Crippen LogP contribution in [0.5, 0.6) is 5.75 Å². The Balaban J connectivity index is 1.99. The lowest BCUT2D eigenvalue weighted by molar-refractivity contribution is 0.157. The molecule has 0 saturated heterocycles. The van der Waals surface area contributed by atoms with Crippen LogP contribution in [-0.4, -0.2) is 0 Å². The number of ether oxygens (including phenoxy) is 1. The first-order valence-corrected chi connectivity index (χ1v) is 6.42. The highest BCUT2D eigenvalue weighted by Crippen LogP contribution is 2.40. The molecular weight excluding hydrogens is 241 g/mol. The molecule has 0 bridgehead atoms. The first-order chi connectivity index (χ1) is 9.15. The number of benzene rings is 2. The lowest BCUT2D eigenvalue weighted by atomic mass is 9.93. The van der Waals surface area contributed by atoms with E-state index in [0.29, 0.717) is 12.0 Å². The number of para-hydroxylation sites is 1. The van der Waals surface area contributed by atoms with E-state index in [4.69, 9.17) is 10.5 Å². The molecule has 2 aromatic carbocycles. The molecule has 3 rings (SSSR count). The summed E-state index contributed by atoms with van der Waals surface area (Å²) >= 11 is 0. The van der Waals surface area contributed by atoms with Gasteiger partial charge in [0.05, 0.1) is 0 Å². The summed E-state index contributed by atoms with van der Waals surface area (Å²) in [5, 5.41) is 0. The smallest absolute Gasteiger partial charge is 0.130 e. The van der Waals surface area contributed by atoms with Crippen LogP contribution >= 0.6 is 0 Å². The van der Waals surface area contributed by atoms with E-state index in [1.165, 1.54) is 6.07 Å². The summed E-state index contributed by atoms with van der Waals surface area (Å²) in [6.07, 6.45) is 0.280. The van der Waals surface area contributed by atoms with E-state index in [0.717, 1.165) is 16.9 Å². The highest BCUT2D eigenvalue weighted by Gasteiger charge is 2.28. The van der Waals surface area contributed by atoms with Crippen LogP contribution in [0.15, 0.2) is 42.5 Å². The molecule has 1 unspecified atom stereocenters. The zero-order chi connectivity index (χ0) is 13.4. The van der Waals surface area contributed by atoms with Gasteiger partial charge in [-0.3, -0.25) is 0 Å². The second-order valence-electron chi connectivity index (χ2n) is 5.01. The van der Waals surface area contributed by atoms with E-state index in [-0.39, 0.29) is 18.0 Å². The fourth-order valence-electron chi connectivity index (χ4n) is 2.55. The topological polar surface area (TPSA) is 35.2 Å². The Bertz CT molecular complexity index is 611. The van der Waals surface area contributed by atoms with Gasteiger partial charge in [0.1, 0.15) is 17.7 Å². The molecule has 0 amide bonds. The summed E-state index contributed by atoms with van der Waals surface area (Å²) in [5.41, 5.74) is 8.76. The summed E-state index contributed by atoms with van der Waals surface area (Å²) in [6, 6.07) is 12.7. The molecule has 1 heterocycles. The minimum absolute atomic E-state index is 0.116. The third-order valence-electron chi connectivity index (χ3n) is 3.55. The molecule has 3 heteroatoms. The number of nitrogens with two attached hydrogens (primary N) is 1. The molecule has 0 aromatic heterocycles. The number of aryl methyl sites for hydroxylation is 1. The van der Waals surface area contributed by atoms with Gasteiger partial charge in [0.2, 0.25) is 0 Å². The van der Waals surface area contributed by atoms with Crippen molar-refractivity contribution in [3.8, 4) is 5.75 Å². The number of fused-ring (bicyclic) bond motifs is 1. The monoisotopic (exact) mass is 257 g/mol. The Hall–Kier alpha value is -1.87. The molecule has 2 atom stereocenters. The van der Waals surface area contributed by atoms with Crippen molar-refractivity contribution in [1.29, 1.82) is 0 Å². The molecule has 0 saturated carbocycles. The van der Waals surface area contributed by atoms with E-state index >= 15 is 0 Å². The molecule has 98 valence electrons. The minimum atomic E-state index is -0.315. The summed E-state index contributed by atoms with van der Waals surface area (Å²) < 4.78 is 19.8. The van der Waals surface area contributed by atoms with Gasteiger partial charge in [-0.1, -0.05) is 29.8 Å². The predicted octanol–water partition coefficient (Wildman–Crippen LogP) is 3.66. The van der Waals surface area contributed by atoms with Crippen LogP contribution in [-0.2, 0) is 0 Å². The van der Waals surface area contributed by atoms with Crippen LogP contribution < -0.4 is 10.5 Å². The number of halogens is 1. The van der Waals surface area contributed by atoms with Crippen molar-refractivity contribution >= 4 is 0 Å². The highest BCUT2D eigenvalue weighted by atomic mass is 19.1. The summed E-state index contributed by atoms with van der Waals surface area (Å²) in [4.78, 5) is 0. The zero-order valence-electron chi connectivity index (χ0n) is 10.8. The van der Waals surface area contributed by atoms with Crippen LogP contribution in [0.3, 0.4) is 0 Å². The normalized spacial score (nSPS) is 21.6. The van der Waals surface area contributed by atoms with E-state index in [9.17, 15) is 4.39 Å². The fraction of sp³-hybridized carbons (Fsp3) is 0.250. The van der Waals surface area contributed by atoms with Crippen molar-refractivity contribution in [2.75, 3.05) is 0 Å². The molecule has 1 aliphatic rings. The third kappa shape index (κ3) is 2.22. The fourth-order valence-corrected chi connectivity index (χ4v) is 2.55. The van der Waals surface area contributed by atoms with E-state index in [2.05, 4.69) is 0 Å². The Morgan fingerprint density at radius 2 is 1.95 bits per heavy atom. The Morgan fingerprint density at radius 3 is 2.79 bits per heavy atom. The lowest BCUT2D eigenvalue weighted by Gasteiger charge is -2.30. The van der Waals surface area contributed by atoms with Crippen molar-refractivity contribution in [3.05, 3.63) is 65.0 Å². The van der Waals surface area contributed by atoms with Gasteiger partial charge >= 0.3 is 0 Å². The third-order valence-corrected chi connectivity index (χ3v) is 3.55. The van der Waals surface area contributed by atoms with Crippen LogP contribution in [0.2, 0.25) is 0 Å². The number of hydrogen-bond donors (Lipinski definition) is 1. The van der Waals surface area contributed by atoms with E-state index in [1.54, 1.807) is 6.07 Å². The largest absolute Gasteiger partial charge is 0.485 e. The van der Waals surface area contributed by atoms with E-state index in [1.807, 2.05) is 37.3 Å². The van der Waals surface area contributed by atoms with Gasteiger partial charge in [0.25, 0.3) is 0 Å². The average molecular weight is 257 g/mol. The van der Waals surface area contributed by atoms with Gasteiger partial charge < -0.3 is 10.5 Å². The van der Waals surface area contributed by atoms with Crippen molar-refractivity contribution in [3.63, 3.8) is 0 Å². The van der Waals surface area contributed by atoms with Crippen molar-refractivity contribution in [1.82, 2.24) is 0 Å². The maximum atomic E-state index is 13.9. The molecule has 2 nitrogen and oxygen atoms in total. The Morgan fingerprint density at radius 1 is 1.16 bits per heavy atom. The number of hydrogen-bond acceptors (Lipinski definition) is 2. The van der Waals surface area contributed by atoms with Crippen LogP contribution in [0.4, 0.5) is 4.39 Å². The van der Waals surface area contributed by atoms with Gasteiger partial charge in [0.15, 0.2) is 0 Å². The van der Waals surface area contributed by atoms with Crippen molar-refractivity contribution < 1.29 is 9.13 Å². The standard InChI is InChI=1S/C16H16FNO/c1-10-6-7-13(17)12(8-10)16-9-14(18)11-4-2-3-5-15(11)19-16/h2-8,14,16H,9,18H2,1H3/t14-,16?/m1/s1. The quantitative estimate of drug-likeness (QED) is 0.846. The summed E-state index contributed by atoms with van der Waals surface area (Å²) in [7, 11) is 0. The second kappa shape index (κ2) is 4.67. The maximum Gasteiger partial charge on any atom is 0.130 e. The molecule has 0 spiro atoms. The van der Waals surface area contributed by atoms with Crippen LogP contribution in [0.25, 0.3) is 0 Å². The first-order valence-electron chi connectivity index (χ1n) is 6.42. The Labute approximate surface area is 112 Å². The van der Waals surface area contributed by atoms with Gasteiger partial charge in [-0.25, -0.2) is 4.39 Å². The minimum Gasteiger partial charge on any atom is -0.485 e. The van der Waals surface area contributed by atoms with Crippen molar-refractivity contribution in [2.24, 2.45) is 5.73 Å². The number of rotatable bonds is 1. The molecule has 19 heavy (non-hydrogen) atoms. The lowest BCUT2D eigenvalue weighted by Crippen LogP contribution is -2.24. The molecule has 0 fully saturated rings. The highest BCUT2D eigenvalue weighted by molar-refractivity contribution is 5.39. The second-order valence-corrected chi connectivity index (χ2v) is 5.01. The average Bonchev–Trinajstić information content (AvgIpc) is 2.41. The van der Waals surface area contributed by atoms with Crippen molar-refractivity contribution in [2.45, 2.75) is 25.5 Å². The molecular formula is C16H16FNO. The van der Waals surface area contributed by atoms with Crippen LogP contribution in [0.1, 0.15) is 35.3 Å². The van der Waals surface area contributed by atoms with Gasteiger partial charge in [-0.2, -0.15) is 0 Å². The zero-order valence-corrected chi connectivity index (χ0v) is 10.8. The molecule has 1 aliphatic heterocycles. The first kappa shape index (κ1) is 12.2. The molecule has 2 aromatic rings.